The highest BCUT2D eigenvalue weighted by molar-refractivity contribution is 6.01. The quantitative estimate of drug-likeness (QED) is 0.442. The molecule has 0 aliphatic heterocycles. The van der Waals surface area contributed by atoms with Crippen LogP contribution in [0.2, 0.25) is 0 Å². The molecule has 0 aliphatic carbocycles. The van der Waals surface area contributed by atoms with Crippen LogP contribution in [0, 0.1) is 5.92 Å². The second kappa shape index (κ2) is 10.9. The summed E-state index contributed by atoms with van der Waals surface area (Å²) >= 11 is 0. The Morgan fingerprint density at radius 1 is 0.774 bits per heavy atom. The lowest BCUT2D eigenvalue weighted by molar-refractivity contribution is -0.148. The zero-order chi connectivity index (χ0) is 23.0. The van der Waals surface area contributed by atoms with Crippen LogP contribution >= 0.6 is 0 Å². The highest BCUT2D eigenvalue weighted by Gasteiger charge is 2.24. The van der Waals surface area contributed by atoms with E-state index in [0.717, 1.165) is 0 Å². The molecule has 0 fully saturated rings. The average Bonchev–Trinajstić information content (AvgIpc) is 2.74. The molecule has 3 N–H and O–H groups in total. The summed E-state index contributed by atoms with van der Waals surface area (Å²) in [6.07, 6.45) is -1.04. The molecule has 0 radical (unpaired) electrons. The van der Waals surface area contributed by atoms with Crippen LogP contribution in [0.3, 0.4) is 0 Å². The van der Waals surface area contributed by atoms with Crippen molar-refractivity contribution in [1.29, 1.82) is 0 Å². The Bertz CT molecular complexity index is 926. The lowest BCUT2D eigenvalue weighted by atomic mass is 10.1. The molecule has 0 saturated carbocycles. The summed E-state index contributed by atoms with van der Waals surface area (Å²) in [6.45, 7) is 6.50. The van der Waals surface area contributed by atoms with Gasteiger partial charge in [0.1, 0.15) is 6.04 Å². The van der Waals surface area contributed by atoms with Gasteiger partial charge in [-0.2, -0.15) is 0 Å². The van der Waals surface area contributed by atoms with Crippen molar-refractivity contribution in [2.24, 2.45) is 5.92 Å². The summed E-state index contributed by atoms with van der Waals surface area (Å²) in [5.41, 5.74) is 1.49. The molecular formula is C23H27N3O5. The van der Waals surface area contributed by atoms with Gasteiger partial charge < -0.3 is 20.7 Å². The SMILES string of the molecule is CC(C)C(=O)Nc1ccc(C(=O)[C@H](C)OC(=O)[C@H](C)NC(=O)Nc2ccccc2)cc1. The third kappa shape index (κ3) is 7.26. The van der Waals surface area contributed by atoms with Gasteiger partial charge in [0, 0.05) is 22.9 Å². The second-order valence-corrected chi connectivity index (χ2v) is 7.35. The molecule has 0 spiro atoms. The van der Waals surface area contributed by atoms with Gasteiger partial charge in [-0.1, -0.05) is 32.0 Å². The number of rotatable bonds is 8. The topological polar surface area (TPSA) is 114 Å². The van der Waals surface area contributed by atoms with Crippen molar-refractivity contribution >= 4 is 35.1 Å². The number of hydrogen-bond donors (Lipinski definition) is 3. The number of urea groups is 1. The maximum Gasteiger partial charge on any atom is 0.329 e. The van der Waals surface area contributed by atoms with Gasteiger partial charge in [0.05, 0.1) is 0 Å². The van der Waals surface area contributed by atoms with Crippen molar-refractivity contribution in [3.63, 3.8) is 0 Å². The van der Waals surface area contributed by atoms with E-state index < -0.39 is 29.9 Å². The highest BCUT2D eigenvalue weighted by Crippen LogP contribution is 2.14. The van der Waals surface area contributed by atoms with Crippen LogP contribution in [0.5, 0.6) is 0 Å². The van der Waals surface area contributed by atoms with E-state index >= 15 is 0 Å². The number of Topliss-reactive ketones (excluding diaryl/α,β-unsaturated/α-hetero) is 1. The number of carbonyl (C=O) groups is 4. The van der Waals surface area contributed by atoms with Crippen LogP contribution in [-0.4, -0.2) is 35.8 Å². The van der Waals surface area contributed by atoms with Crippen LogP contribution < -0.4 is 16.0 Å². The molecule has 8 heteroatoms. The molecule has 2 aromatic rings. The maximum absolute atomic E-state index is 12.5. The molecule has 0 saturated heterocycles. The minimum Gasteiger partial charge on any atom is -0.453 e. The van der Waals surface area contributed by atoms with E-state index in [2.05, 4.69) is 16.0 Å². The normalized spacial score (nSPS) is 12.4. The van der Waals surface area contributed by atoms with Crippen LogP contribution in [-0.2, 0) is 14.3 Å². The van der Waals surface area contributed by atoms with Gasteiger partial charge >= 0.3 is 12.0 Å². The molecule has 0 unspecified atom stereocenters. The molecule has 3 amide bonds. The molecule has 0 aromatic heterocycles. The first-order valence-electron chi connectivity index (χ1n) is 9.95. The number of amides is 3. The zero-order valence-electron chi connectivity index (χ0n) is 18.0. The maximum atomic E-state index is 12.5. The third-order valence-electron chi connectivity index (χ3n) is 4.36. The predicted molar refractivity (Wildman–Crippen MR) is 118 cm³/mol. The van der Waals surface area contributed by atoms with E-state index in [9.17, 15) is 19.2 Å². The van der Waals surface area contributed by atoms with Crippen molar-refractivity contribution in [2.45, 2.75) is 39.8 Å². The third-order valence-corrected chi connectivity index (χ3v) is 4.36. The summed E-state index contributed by atoms with van der Waals surface area (Å²) in [6, 6.07) is 13.6. The summed E-state index contributed by atoms with van der Waals surface area (Å²) < 4.78 is 5.20. The summed E-state index contributed by atoms with van der Waals surface area (Å²) in [7, 11) is 0. The lowest BCUT2D eigenvalue weighted by Gasteiger charge is -2.17. The van der Waals surface area contributed by atoms with Crippen molar-refractivity contribution in [3.8, 4) is 0 Å². The second-order valence-electron chi connectivity index (χ2n) is 7.35. The number of para-hydroxylation sites is 1. The van der Waals surface area contributed by atoms with Crippen molar-refractivity contribution in [1.82, 2.24) is 5.32 Å². The Balaban J connectivity index is 1.87. The number of nitrogens with one attached hydrogen (secondary N) is 3. The molecule has 8 nitrogen and oxygen atoms in total. The van der Waals surface area contributed by atoms with Crippen LogP contribution in [0.15, 0.2) is 54.6 Å². The molecule has 2 atom stereocenters. The molecular weight excluding hydrogens is 398 g/mol. The van der Waals surface area contributed by atoms with Gasteiger partial charge in [0.2, 0.25) is 11.7 Å². The Morgan fingerprint density at radius 2 is 1.35 bits per heavy atom. The van der Waals surface area contributed by atoms with Crippen LogP contribution in [0.1, 0.15) is 38.1 Å². The van der Waals surface area contributed by atoms with Crippen LogP contribution in [0.25, 0.3) is 0 Å². The number of hydrogen-bond acceptors (Lipinski definition) is 5. The standard InChI is InChI=1S/C23H27N3O5/c1-14(2)21(28)25-19-12-10-17(11-13-19)20(27)16(4)31-22(29)15(3)24-23(30)26-18-8-6-5-7-9-18/h5-16H,1-4H3,(H,25,28)(H2,24,26,30)/t15-,16-/m0/s1. The van der Waals surface area contributed by atoms with Gasteiger partial charge in [0.15, 0.2) is 6.10 Å². The van der Waals surface area contributed by atoms with Gasteiger partial charge in [-0.15, -0.1) is 0 Å². The molecule has 2 aromatic carbocycles. The largest absolute Gasteiger partial charge is 0.453 e. The molecule has 2 rings (SSSR count). The molecule has 0 bridgehead atoms. The van der Waals surface area contributed by atoms with E-state index in [4.69, 9.17) is 4.74 Å². The van der Waals surface area contributed by atoms with E-state index in [1.54, 1.807) is 62.4 Å². The Kier molecular flexibility index (Phi) is 8.31. The fourth-order valence-electron chi connectivity index (χ4n) is 2.51. The zero-order valence-corrected chi connectivity index (χ0v) is 18.0. The lowest BCUT2D eigenvalue weighted by Crippen LogP contribution is -2.43. The summed E-state index contributed by atoms with van der Waals surface area (Å²) in [4.78, 5) is 48.5. The smallest absolute Gasteiger partial charge is 0.329 e. The van der Waals surface area contributed by atoms with Gasteiger partial charge in [0.25, 0.3) is 0 Å². The number of ether oxygens (including phenoxy) is 1. The molecule has 0 aliphatic rings. The number of benzene rings is 2. The van der Waals surface area contributed by atoms with E-state index in [-0.39, 0.29) is 11.8 Å². The number of ketones is 1. The van der Waals surface area contributed by atoms with E-state index in [0.29, 0.717) is 16.9 Å². The highest BCUT2D eigenvalue weighted by atomic mass is 16.5. The molecule has 0 heterocycles. The monoisotopic (exact) mass is 425 g/mol. The Morgan fingerprint density at radius 3 is 1.94 bits per heavy atom. The van der Waals surface area contributed by atoms with Gasteiger partial charge in [-0.05, 0) is 50.2 Å². The van der Waals surface area contributed by atoms with Crippen molar-refractivity contribution in [2.75, 3.05) is 10.6 Å². The van der Waals surface area contributed by atoms with E-state index in [1.165, 1.54) is 13.8 Å². The molecule has 31 heavy (non-hydrogen) atoms. The average molecular weight is 425 g/mol. The first-order valence-corrected chi connectivity index (χ1v) is 9.95. The Labute approximate surface area is 181 Å². The molecule has 164 valence electrons. The fraction of sp³-hybridized carbons (Fsp3) is 0.304. The van der Waals surface area contributed by atoms with Crippen molar-refractivity contribution < 1.29 is 23.9 Å². The first kappa shape index (κ1) is 23.6. The van der Waals surface area contributed by atoms with Crippen LogP contribution in [0.4, 0.5) is 16.2 Å². The van der Waals surface area contributed by atoms with Crippen molar-refractivity contribution in [3.05, 3.63) is 60.2 Å². The summed E-state index contributed by atoms with van der Waals surface area (Å²) in [5.74, 6) is -1.41. The van der Waals surface area contributed by atoms with E-state index in [1.807, 2.05) is 6.07 Å². The minimum atomic E-state index is -1.04. The number of esters is 1. The van der Waals surface area contributed by atoms with Gasteiger partial charge in [-0.25, -0.2) is 9.59 Å². The first-order chi connectivity index (χ1) is 14.7. The fourth-order valence-corrected chi connectivity index (χ4v) is 2.51. The summed E-state index contributed by atoms with van der Waals surface area (Å²) in [5, 5.41) is 7.81. The predicted octanol–water partition coefficient (Wildman–Crippen LogP) is 3.61. The number of anilines is 2. The minimum absolute atomic E-state index is 0.126. The number of carbonyl (C=O) groups excluding carboxylic acids is 4. The van der Waals surface area contributed by atoms with Gasteiger partial charge in [-0.3, -0.25) is 9.59 Å². The Hall–Kier alpha value is -3.68.